The molecule has 1 aromatic rings. The molecule has 1 aromatic carbocycles. The van der Waals surface area contributed by atoms with E-state index in [4.69, 9.17) is 9.84 Å². The Kier molecular flexibility index (Phi) is 3.69. The van der Waals surface area contributed by atoms with Gasteiger partial charge in [0.05, 0.1) is 6.61 Å². The van der Waals surface area contributed by atoms with Crippen LogP contribution in [-0.4, -0.2) is 29.8 Å². The van der Waals surface area contributed by atoms with Gasteiger partial charge in [0.2, 0.25) is 0 Å². The summed E-state index contributed by atoms with van der Waals surface area (Å²) in [5, 5.41) is 9.00. The molecule has 0 radical (unpaired) electrons. The molecule has 0 spiro atoms. The predicted molar refractivity (Wildman–Crippen MR) is 67.0 cm³/mol. The van der Waals surface area contributed by atoms with Crippen molar-refractivity contribution < 1.29 is 14.6 Å². The normalized spacial score (nSPS) is 14.6. The van der Waals surface area contributed by atoms with Crippen LogP contribution in [0.3, 0.4) is 0 Å². The van der Waals surface area contributed by atoms with Crippen LogP contribution in [-0.2, 0) is 24.3 Å². The minimum Gasteiger partial charge on any atom is -0.465 e. The molecule has 4 nitrogen and oxygen atoms in total. The second kappa shape index (κ2) is 5.06. The summed E-state index contributed by atoms with van der Waals surface area (Å²) in [6, 6.07) is 4.03. The number of hydrogen-bond acceptors (Lipinski definition) is 2. The number of hydrogen-bond donors (Lipinski definition) is 1. The van der Waals surface area contributed by atoms with Gasteiger partial charge in [-0.3, -0.25) is 0 Å². The maximum absolute atomic E-state index is 10.9. The zero-order valence-corrected chi connectivity index (χ0v) is 11.2. The Balaban J connectivity index is 2.34. The maximum atomic E-state index is 10.9. The second-order valence-corrected chi connectivity index (χ2v) is 5.01. The van der Waals surface area contributed by atoms with E-state index in [1.807, 2.05) is 12.1 Å². The first kappa shape index (κ1) is 12.4. The molecule has 2 rings (SSSR count). The molecule has 1 N–H and O–H groups in total. The molecule has 0 aliphatic carbocycles. The third kappa shape index (κ3) is 2.61. The molecular formula is C12H14BrNO3. The molecule has 0 unspecified atom stereocenters. The van der Waals surface area contributed by atoms with Crippen molar-refractivity contribution >= 4 is 22.0 Å². The van der Waals surface area contributed by atoms with E-state index in [-0.39, 0.29) is 0 Å². The van der Waals surface area contributed by atoms with Gasteiger partial charge in [-0.15, -0.1) is 0 Å². The molecule has 5 heteroatoms. The Morgan fingerprint density at radius 3 is 3.00 bits per heavy atom. The first-order chi connectivity index (χ1) is 8.11. The van der Waals surface area contributed by atoms with Crippen molar-refractivity contribution in [2.75, 3.05) is 13.7 Å². The molecule has 0 aromatic heterocycles. The number of carboxylic acid groups (broad SMARTS) is 1. The molecule has 1 aliphatic heterocycles. The Hall–Kier alpha value is -1.07. The first-order valence-electron chi connectivity index (χ1n) is 5.39. The summed E-state index contributed by atoms with van der Waals surface area (Å²) in [5.74, 6) is 0. The monoisotopic (exact) mass is 299 g/mol. The van der Waals surface area contributed by atoms with Gasteiger partial charge in [0.1, 0.15) is 0 Å². The zero-order chi connectivity index (χ0) is 12.4. The van der Waals surface area contributed by atoms with Crippen LogP contribution in [0.25, 0.3) is 0 Å². The molecular weight excluding hydrogens is 286 g/mol. The number of fused-ring (bicyclic) bond motifs is 1. The quantitative estimate of drug-likeness (QED) is 0.913. The number of benzene rings is 1. The van der Waals surface area contributed by atoms with Gasteiger partial charge in [0, 0.05) is 24.7 Å². The fraction of sp³-hybridized carbons (Fsp3) is 0.417. The largest absolute Gasteiger partial charge is 0.465 e. The Labute approximate surface area is 108 Å². The molecule has 1 amide bonds. The van der Waals surface area contributed by atoms with Crippen LogP contribution in [0.15, 0.2) is 16.6 Å². The van der Waals surface area contributed by atoms with Gasteiger partial charge in [0.15, 0.2) is 0 Å². The Bertz CT molecular complexity index is 448. The van der Waals surface area contributed by atoms with Gasteiger partial charge >= 0.3 is 6.09 Å². The molecule has 0 saturated carbocycles. The molecule has 1 heterocycles. The van der Waals surface area contributed by atoms with Crippen molar-refractivity contribution in [2.45, 2.75) is 19.6 Å². The average Bonchev–Trinajstić information content (AvgIpc) is 2.28. The summed E-state index contributed by atoms with van der Waals surface area (Å²) < 4.78 is 6.14. The van der Waals surface area contributed by atoms with E-state index >= 15 is 0 Å². The fourth-order valence-corrected chi connectivity index (χ4v) is 2.75. The third-order valence-electron chi connectivity index (χ3n) is 2.96. The van der Waals surface area contributed by atoms with E-state index in [1.165, 1.54) is 10.5 Å². The van der Waals surface area contributed by atoms with Crippen LogP contribution in [0.2, 0.25) is 0 Å². The van der Waals surface area contributed by atoms with Gasteiger partial charge in [-0.25, -0.2) is 4.79 Å². The van der Waals surface area contributed by atoms with Crippen molar-refractivity contribution in [3.63, 3.8) is 0 Å². The van der Waals surface area contributed by atoms with Crippen molar-refractivity contribution in [1.82, 2.24) is 4.90 Å². The third-order valence-corrected chi connectivity index (χ3v) is 3.42. The second-order valence-electron chi connectivity index (χ2n) is 4.09. The van der Waals surface area contributed by atoms with E-state index in [0.29, 0.717) is 19.7 Å². The van der Waals surface area contributed by atoms with Crippen LogP contribution >= 0.6 is 15.9 Å². The predicted octanol–water partition coefficient (Wildman–Crippen LogP) is 2.63. The van der Waals surface area contributed by atoms with Crippen molar-refractivity contribution in [3.05, 3.63) is 33.3 Å². The van der Waals surface area contributed by atoms with Gasteiger partial charge < -0.3 is 14.7 Å². The standard InChI is InChI=1S/C12H14BrNO3/c1-17-7-9-5-10(13)4-8-6-14(12(15)16)3-2-11(8)9/h4-5H,2-3,6-7H2,1H3,(H,15,16). The lowest BCUT2D eigenvalue weighted by molar-refractivity contribution is 0.139. The fourth-order valence-electron chi connectivity index (χ4n) is 2.20. The SMILES string of the molecule is COCc1cc(Br)cc2c1CCN(C(=O)O)C2. The Morgan fingerprint density at radius 1 is 1.59 bits per heavy atom. The van der Waals surface area contributed by atoms with Crippen LogP contribution in [0.1, 0.15) is 16.7 Å². The molecule has 92 valence electrons. The van der Waals surface area contributed by atoms with Crippen molar-refractivity contribution in [3.8, 4) is 0 Å². The van der Waals surface area contributed by atoms with E-state index in [1.54, 1.807) is 7.11 Å². The smallest absolute Gasteiger partial charge is 0.407 e. The van der Waals surface area contributed by atoms with Crippen LogP contribution < -0.4 is 0 Å². The summed E-state index contributed by atoms with van der Waals surface area (Å²) >= 11 is 3.45. The molecule has 1 aliphatic rings. The first-order valence-corrected chi connectivity index (χ1v) is 6.18. The Morgan fingerprint density at radius 2 is 2.35 bits per heavy atom. The lowest BCUT2D eigenvalue weighted by Crippen LogP contribution is -2.35. The highest BCUT2D eigenvalue weighted by Crippen LogP contribution is 2.27. The topological polar surface area (TPSA) is 49.8 Å². The summed E-state index contributed by atoms with van der Waals surface area (Å²) in [6.45, 7) is 1.58. The summed E-state index contributed by atoms with van der Waals surface area (Å²) in [4.78, 5) is 12.4. The number of methoxy groups -OCH3 is 1. The molecule has 0 fully saturated rings. The van der Waals surface area contributed by atoms with Crippen LogP contribution in [0.4, 0.5) is 4.79 Å². The summed E-state index contributed by atoms with van der Waals surface area (Å²) in [7, 11) is 1.67. The summed E-state index contributed by atoms with van der Waals surface area (Å²) in [6.07, 6.45) is -0.0999. The highest BCUT2D eigenvalue weighted by atomic mass is 79.9. The van der Waals surface area contributed by atoms with Crippen LogP contribution in [0, 0.1) is 0 Å². The van der Waals surface area contributed by atoms with Crippen molar-refractivity contribution in [2.24, 2.45) is 0 Å². The number of rotatable bonds is 2. The summed E-state index contributed by atoms with van der Waals surface area (Å²) in [5.41, 5.74) is 3.44. The zero-order valence-electron chi connectivity index (χ0n) is 9.57. The number of amides is 1. The lowest BCUT2D eigenvalue weighted by atomic mass is 9.95. The van der Waals surface area contributed by atoms with E-state index < -0.39 is 6.09 Å². The minimum absolute atomic E-state index is 0.459. The van der Waals surface area contributed by atoms with E-state index in [2.05, 4.69) is 15.9 Å². The van der Waals surface area contributed by atoms with Gasteiger partial charge in [0.25, 0.3) is 0 Å². The van der Waals surface area contributed by atoms with Gasteiger partial charge in [-0.05, 0) is 35.2 Å². The van der Waals surface area contributed by atoms with Gasteiger partial charge in [-0.2, -0.15) is 0 Å². The molecule has 0 bridgehead atoms. The van der Waals surface area contributed by atoms with Gasteiger partial charge in [-0.1, -0.05) is 15.9 Å². The number of ether oxygens (including phenoxy) is 1. The number of halogens is 1. The van der Waals surface area contributed by atoms with Crippen LogP contribution in [0.5, 0.6) is 0 Å². The molecule has 17 heavy (non-hydrogen) atoms. The van der Waals surface area contributed by atoms with Crippen molar-refractivity contribution in [1.29, 1.82) is 0 Å². The van der Waals surface area contributed by atoms with E-state index in [9.17, 15) is 4.79 Å². The average molecular weight is 300 g/mol. The number of nitrogens with zero attached hydrogens (tertiary/aromatic N) is 1. The highest BCUT2D eigenvalue weighted by molar-refractivity contribution is 9.10. The maximum Gasteiger partial charge on any atom is 0.407 e. The minimum atomic E-state index is -0.857. The molecule has 0 saturated heterocycles. The highest BCUT2D eigenvalue weighted by Gasteiger charge is 2.22. The molecule has 0 atom stereocenters. The lowest BCUT2D eigenvalue weighted by Gasteiger charge is -2.28. The number of carbonyl (C=O) groups is 1. The van der Waals surface area contributed by atoms with E-state index in [0.717, 1.165) is 22.0 Å².